The summed E-state index contributed by atoms with van der Waals surface area (Å²) in [4.78, 5) is 113. The summed E-state index contributed by atoms with van der Waals surface area (Å²) in [6.45, 7) is 3.75. The van der Waals surface area contributed by atoms with Crippen LogP contribution in [0.15, 0.2) is 154 Å². The number of carboxylic acids is 1. The van der Waals surface area contributed by atoms with E-state index in [2.05, 4.69) is 55.3 Å². The van der Waals surface area contributed by atoms with Crippen molar-refractivity contribution in [3.63, 3.8) is 0 Å². The largest absolute Gasteiger partial charge is 0.573 e. The van der Waals surface area contributed by atoms with Crippen LogP contribution in [-0.4, -0.2) is 147 Å². The summed E-state index contributed by atoms with van der Waals surface area (Å²) < 4.78 is 147. The summed E-state index contributed by atoms with van der Waals surface area (Å²) in [7, 11) is 0. The minimum atomic E-state index is -4.84. The Morgan fingerprint density at radius 1 is 0.426 bits per heavy atom. The molecule has 5 heterocycles. The van der Waals surface area contributed by atoms with Crippen LogP contribution in [0.25, 0.3) is 0 Å². The van der Waals surface area contributed by atoms with Gasteiger partial charge in [0.2, 0.25) is 17.7 Å². The van der Waals surface area contributed by atoms with Crippen molar-refractivity contribution in [2.24, 2.45) is 17.8 Å². The van der Waals surface area contributed by atoms with Crippen LogP contribution in [-0.2, 0) is 41.5 Å². The Hall–Kier alpha value is -12.5. The highest BCUT2D eigenvalue weighted by atomic mass is 19.4. The van der Waals surface area contributed by atoms with E-state index in [-0.39, 0.29) is 162 Å². The normalized spacial score (nSPS) is 21.6. The van der Waals surface area contributed by atoms with Crippen LogP contribution in [0.5, 0.6) is 17.2 Å². The van der Waals surface area contributed by atoms with E-state index in [1.165, 1.54) is 36.4 Å². The van der Waals surface area contributed by atoms with E-state index in [1.54, 1.807) is 45.6 Å². The predicted octanol–water partition coefficient (Wildman–Crippen LogP) is 15.4. The lowest BCUT2D eigenvalue weighted by molar-refractivity contribution is -0.275. The Labute approximate surface area is 691 Å². The zero-order valence-electron chi connectivity index (χ0n) is 65.9. The van der Waals surface area contributed by atoms with Crippen molar-refractivity contribution < 1.29 is 115 Å². The third kappa shape index (κ3) is 19.0. The highest BCUT2D eigenvalue weighted by Crippen LogP contribution is 2.58. The first-order valence-corrected chi connectivity index (χ1v) is 40.5. The quantitative estimate of drug-likeness (QED) is 0.0246. The van der Waals surface area contributed by atoms with Crippen LogP contribution in [0.2, 0.25) is 0 Å². The van der Waals surface area contributed by atoms with Crippen molar-refractivity contribution >= 4 is 76.7 Å². The molecule has 17 rings (SSSR count). The molecule has 0 saturated heterocycles. The number of carbonyl (C=O) groups is 8. The molecule has 28 nitrogen and oxygen atoms in total. The van der Waals surface area contributed by atoms with E-state index < -0.39 is 61.1 Å². The van der Waals surface area contributed by atoms with Crippen LogP contribution >= 0.6 is 0 Å². The number of anilines is 5. The second-order valence-corrected chi connectivity index (χ2v) is 31.1. The number of carbonyl (C=O) groups excluding carboxylic acids is 7. The maximum Gasteiger partial charge on any atom is 0.573 e. The molecule has 0 bridgehead atoms. The van der Waals surface area contributed by atoms with E-state index in [0.717, 1.165) is 154 Å². The number of aromatic nitrogens is 4. The summed E-state index contributed by atoms with van der Waals surface area (Å²) >= 11 is 0. The lowest BCUT2D eigenvalue weighted by atomic mass is 9.81. The molecule has 6 amide bonds. The van der Waals surface area contributed by atoms with Crippen molar-refractivity contribution in [1.29, 1.82) is 0 Å². The topological polar surface area (TPSA) is 324 Å². The van der Waals surface area contributed by atoms with Crippen molar-refractivity contribution in [2.75, 3.05) is 37.7 Å². The second-order valence-electron chi connectivity index (χ2n) is 31.1. The molecule has 8 aromatic rings. The highest BCUT2D eigenvalue weighted by Gasteiger charge is 2.56. The van der Waals surface area contributed by atoms with Gasteiger partial charge in [0.1, 0.15) is 36.5 Å². The number of nitrogens with zero attached hydrogens (tertiary/aromatic N) is 10. The number of hydrogen-bond acceptors (Lipinski definition) is 21. The van der Waals surface area contributed by atoms with Crippen molar-refractivity contribution in [3.05, 3.63) is 191 Å². The third-order valence-corrected chi connectivity index (χ3v) is 23.1. The Morgan fingerprint density at radius 2 is 0.770 bits per heavy atom. The van der Waals surface area contributed by atoms with Crippen LogP contribution in [0.1, 0.15) is 194 Å². The SMILES string of the molecule is CCOC(=O)CC(=O)NNC(=O)N(C1CC1)C1c2ccccc2N(C(=O)c2ccc(OC(F)(F)F)cc2)C2CCCC21.CCOC(=O)Cc1nnc(N(C2CC2)C2c3ccccc3N(C(=O)c3ccc(OC(F)(F)F)cc3)C3CCCC32)o1.O=C(O)Cc1nnc(N(C2CC2)C2c3ccccc3N(C(=O)c3ccc(OC(F)(F)F)cc3)C3CCCC32)o1. The van der Waals surface area contributed by atoms with Crippen LogP contribution in [0, 0.1) is 17.8 Å². The van der Waals surface area contributed by atoms with Crippen LogP contribution in [0.3, 0.4) is 0 Å². The first kappa shape index (κ1) is 84.5. The molecular formula is C85H85F9N12O16. The average molecular weight is 1700 g/mol. The fourth-order valence-electron chi connectivity index (χ4n) is 18.2. The van der Waals surface area contributed by atoms with E-state index in [1.807, 2.05) is 60.7 Å². The lowest BCUT2D eigenvalue weighted by Crippen LogP contribution is -2.56. The number of benzene rings is 6. The number of alkyl halides is 9. The van der Waals surface area contributed by atoms with Crippen LogP contribution in [0.4, 0.5) is 73.4 Å². The lowest BCUT2D eigenvalue weighted by Gasteiger charge is -2.47. The number of esters is 2. The van der Waals surface area contributed by atoms with Gasteiger partial charge in [-0.25, -0.2) is 10.2 Å². The number of halogens is 9. The zero-order valence-corrected chi connectivity index (χ0v) is 65.9. The monoisotopic (exact) mass is 1700 g/mol. The summed E-state index contributed by atoms with van der Waals surface area (Å²) in [5, 5.41) is 25.7. The predicted molar refractivity (Wildman–Crippen MR) is 415 cm³/mol. The zero-order chi connectivity index (χ0) is 86.1. The summed E-state index contributed by atoms with van der Waals surface area (Å²) in [6.07, 6.45) is -2.78. The molecule has 37 heteroatoms. The smallest absolute Gasteiger partial charge is 0.481 e. The Balaban J connectivity index is 0.000000142. The van der Waals surface area contributed by atoms with Gasteiger partial charge in [-0.3, -0.25) is 39.0 Å². The number of ether oxygens (including phenoxy) is 5. The first-order chi connectivity index (χ1) is 58.5. The first-order valence-electron chi connectivity index (χ1n) is 40.5. The molecule has 0 radical (unpaired) electrons. The number of rotatable bonds is 22. The molecule has 3 aliphatic heterocycles. The van der Waals surface area contributed by atoms with Gasteiger partial charge >= 0.3 is 55.1 Å². The molecule has 9 unspecified atom stereocenters. The van der Waals surface area contributed by atoms with E-state index in [0.29, 0.717) is 18.1 Å². The Morgan fingerprint density at radius 3 is 1.12 bits per heavy atom. The number of urea groups is 1. The van der Waals surface area contributed by atoms with Gasteiger partial charge in [-0.05, 0) is 199 Å². The molecule has 9 aliphatic rings. The van der Waals surface area contributed by atoms with Gasteiger partial charge in [-0.15, -0.1) is 49.7 Å². The standard InChI is InChI=1S/C29H31F3N4O6.C29H29F3N4O5.C27H25F3N4O5/c1-2-41-25(38)16-24(37)33-34-28(40)35(18-12-13-18)26-20-6-3-4-8-22(20)36(23-9-5-7-21(23)26)27(39)17-10-14-19(15-11-17)42-29(30,31)32;1-2-39-25(37)16-24-33-34-28(40-24)35(18-12-13-18)26-20-6-3-4-8-22(20)36(23-9-5-7-21(23)26)27(38)17-10-14-19(15-11-17)41-29(30,31)32;28-27(29,30)39-17-12-8-15(9-13-17)25(37)34-20-6-2-1-4-18(20)24(19-5-3-7-21(19)34)33(16-10-11-16)26-32-31-22(38-26)14-23(35)36/h3-4,6,8,10-11,14-15,18,21,23,26H,2,5,7,9,12-13,16H2,1H3,(H,33,37)(H,34,40);3-4,6,8,10-11,14-15,18,21,23,26H,2,5,7,9,12-13,16H2,1H3;1-2,4,6,8-9,12-13,16,19,21,24H,3,5,7,10-11,14H2,(H,35,36). The molecule has 6 saturated carbocycles. The minimum Gasteiger partial charge on any atom is -0.481 e. The van der Waals surface area contributed by atoms with E-state index >= 15 is 0 Å². The molecule has 6 aliphatic carbocycles. The van der Waals surface area contributed by atoms with Crippen LogP contribution < -0.4 is 49.6 Å². The van der Waals surface area contributed by atoms with Gasteiger partial charge in [-0.2, -0.15) is 0 Å². The molecule has 0 spiro atoms. The molecule has 9 atom stereocenters. The maximum absolute atomic E-state index is 13.9. The summed E-state index contributed by atoms with van der Waals surface area (Å²) in [5.41, 5.74) is 10.2. The molecule has 6 aromatic carbocycles. The number of hydrogen-bond donors (Lipinski definition) is 3. The maximum atomic E-state index is 13.9. The number of hydrazine groups is 1. The van der Waals surface area contributed by atoms with Gasteiger partial charge < -0.3 is 67.0 Å². The van der Waals surface area contributed by atoms with E-state index in [4.69, 9.17) is 23.4 Å². The number of fused-ring (bicyclic) bond motifs is 6. The van der Waals surface area contributed by atoms with Gasteiger partial charge in [0.15, 0.2) is 0 Å². The van der Waals surface area contributed by atoms with Crippen molar-refractivity contribution in [1.82, 2.24) is 36.1 Å². The molecule has 3 N–H and O–H groups in total. The van der Waals surface area contributed by atoms with Crippen molar-refractivity contribution in [2.45, 2.75) is 203 Å². The Kier molecular flexibility index (Phi) is 24.5. The number of nitrogens with one attached hydrogen (secondary N) is 2. The number of aliphatic carboxylic acids is 1. The molecular weight excluding hydrogens is 1620 g/mol. The van der Waals surface area contributed by atoms with Crippen molar-refractivity contribution in [3.8, 4) is 17.2 Å². The molecule has 122 heavy (non-hydrogen) atoms. The number of para-hydroxylation sites is 3. The average Bonchev–Trinajstić information content (AvgIpc) is 1.55. The van der Waals surface area contributed by atoms with Gasteiger partial charge in [-0.1, -0.05) is 84.1 Å². The third-order valence-electron chi connectivity index (χ3n) is 23.1. The fourth-order valence-corrected chi connectivity index (χ4v) is 18.2. The fraction of sp³-hybridized carbons (Fsp3) is 0.435. The summed E-state index contributed by atoms with van der Waals surface area (Å²) in [5.74, 6) is -4.83. The summed E-state index contributed by atoms with van der Waals surface area (Å²) in [6, 6.07) is 36.7. The van der Waals surface area contributed by atoms with Gasteiger partial charge in [0, 0.05) is 87.8 Å². The van der Waals surface area contributed by atoms with Gasteiger partial charge in [0.05, 0.1) is 31.3 Å². The van der Waals surface area contributed by atoms with Gasteiger partial charge in [0.25, 0.3) is 17.7 Å². The second kappa shape index (κ2) is 35.3. The Bertz CT molecular complexity index is 5160. The molecule has 2 aromatic heterocycles. The minimum absolute atomic E-state index is 0.0324. The van der Waals surface area contributed by atoms with E-state index in [9.17, 15) is 77.9 Å². The highest BCUT2D eigenvalue weighted by molar-refractivity contribution is 6.09. The number of amides is 6. The molecule has 644 valence electrons. The number of carboxylic acid groups (broad SMARTS) is 1. The molecule has 6 fully saturated rings.